The fraction of sp³-hybridized carbons (Fsp3) is 0.727. The van der Waals surface area contributed by atoms with Crippen LogP contribution >= 0.6 is 0 Å². The van der Waals surface area contributed by atoms with Crippen molar-refractivity contribution in [3.63, 3.8) is 0 Å². The highest BCUT2D eigenvalue weighted by Crippen LogP contribution is 2.47. The van der Waals surface area contributed by atoms with Crippen LogP contribution in [0.5, 0.6) is 0 Å². The average Bonchev–Trinajstić information content (AvgIpc) is 2.82. The summed E-state index contributed by atoms with van der Waals surface area (Å²) in [7, 11) is -1.60. The van der Waals surface area contributed by atoms with Gasteiger partial charge in [-0.2, -0.15) is 0 Å². The van der Waals surface area contributed by atoms with E-state index in [2.05, 4.69) is 71.1 Å². The molecule has 4 heteroatoms. The minimum absolute atomic E-state index is 0.0569. The maximum Gasteiger partial charge on any atom is 0.461 e. The molecule has 0 radical (unpaired) electrons. The molecule has 1 atom stereocenters. The SMILES string of the molecule is CC1(C)OB(C(C[Si](C)(C)c2ccccc2)C2CCCCC2)OC1(C)C. The second kappa shape index (κ2) is 7.44. The third-order valence-corrected chi connectivity index (χ3v) is 10.6. The second-order valence-electron chi connectivity index (χ2n) is 10.1. The van der Waals surface area contributed by atoms with Crippen molar-refractivity contribution in [2.45, 2.75) is 96.0 Å². The van der Waals surface area contributed by atoms with E-state index >= 15 is 0 Å². The summed E-state index contributed by atoms with van der Waals surface area (Å²) in [5, 5.41) is 1.55. The Hall–Kier alpha value is -0.578. The predicted octanol–water partition coefficient (Wildman–Crippen LogP) is 5.64. The molecule has 0 bridgehead atoms. The molecule has 1 aliphatic carbocycles. The number of benzene rings is 1. The molecular weight excluding hydrogens is 335 g/mol. The Morgan fingerprint density at radius 1 is 0.962 bits per heavy atom. The van der Waals surface area contributed by atoms with Crippen LogP contribution in [0.1, 0.15) is 59.8 Å². The maximum absolute atomic E-state index is 6.56. The first-order chi connectivity index (χ1) is 12.1. The Labute approximate surface area is 162 Å². The van der Waals surface area contributed by atoms with E-state index in [1.165, 1.54) is 38.1 Å². The van der Waals surface area contributed by atoms with E-state index in [4.69, 9.17) is 9.31 Å². The molecule has 1 saturated carbocycles. The first-order valence-electron chi connectivity index (χ1n) is 10.5. The number of hydrogen-bond donors (Lipinski definition) is 0. The second-order valence-corrected chi connectivity index (χ2v) is 14.9. The molecule has 1 aromatic carbocycles. The molecule has 2 fully saturated rings. The first-order valence-corrected chi connectivity index (χ1v) is 13.7. The Balaban J connectivity index is 1.85. The lowest BCUT2D eigenvalue weighted by Gasteiger charge is -2.36. The lowest BCUT2D eigenvalue weighted by molar-refractivity contribution is 0.00578. The van der Waals surface area contributed by atoms with Gasteiger partial charge in [0.2, 0.25) is 0 Å². The Morgan fingerprint density at radius 3 is 2.04 bits per heavy atom. The van der Waals surface area contributed by atoms with E-state index in [9.17, 15) is 0 Å². The third-order valence-electron chi connectivity index (χ3n) is 7.18. The summed E-state index contributed by atoms with van der Waals surface area (Å²) in [5.74, 6) is 1.26. The Morgan fingerprint density at radius 2 is 1.50 bits per heavy atom. The van der Waals surface area contributed by atoms with Gasteiger partial charge in [0, 0.05) is 0 Å². The quantitative estimate of drug-likeness (QED) is 0.622. The number of rotatable bonds is 5. The van der Waals surface area contributed by atoms with Gasteiger partial charge in [0.25, 0.3) is 0 Å². The van der Waals surface area contributed by atoms with Crippen LogP contribution in [0.25, 0.3) is 0 Å². The van der Waals surface area contributed by atoms with Crippen LogP contribution in [0.15, 0.2) is 30.3 Å². The van der Waals surface area contributed by atoms with Gasteiger partial charge < -0.3 is 9.31 Å². The van der Waals surface area contributed by atoms with Gasteiger partial charge in [0.15, 0.2) is 0 Å². The third kappa shape index (κ3) is 4.13. The fourth-order valence-corrected chi connectivity index (χ4v) is 7.74. The van der Waals surface area contributed by atoms with Crippen molar-refractivity contribution >= 4 is 20.4 Å². The van der Waals surface area contributed by atoms with Gasteiger partial charge in [0.05, 0.1) is 19.3 Å². The van der Waals surface area contributed by atoms with E-state index in [1.807, 2.05) is 0 Å². The van der Waals surface area contributed by atoms with Gasteiger partial charge >= 0.3 is 7.12 Å². The van der Waals surface area contributed by atoms with Crippen molar-refractivity contribution in [3.05, 3.63) is 30.3 Å². The molecule has 1 heterocycles. The summed E-state index contributed by atoms with van der Waals surface area (Å²) in [5.41, 5.74) is -0.466. The van der Waals surface area contributed by atoms with Crippen molar-refractivity contribution in [1.82, 2.24) is 0 Å². The van der Waals surface area contributed by atoms with E-state index < -0.39 is 8.07 Å². The fourth-order valence-electron chi connectivity index (χ4n) is 4.71. The zero-order valence-electron chi connectivity index (χ0n) is 17.7. The molecule has 1 aromatic rings. The van der Waals surface area contributed by atoms with Crippen molar-refractivity contribution in [2.75, 3.05) is 0 Å². The van der Waals surface area contributed by atoms with Gasteiger partial charge in [0.1, 0.15) is 0 Å². The van der Waals surface area contributed by atoms with Crippen LogP contribution in [-0.2, 0) is 9.31 Å². The van der Waals surface area contributed by atoms with Gasteiger partial charge in [-0.3, -0.25) is 0 Å². The van der Waals surface area contributed by atoms with Gasteiger partial charge in [-0.15, -0.1) is 0 Å². The molecule has 1 aliphatic heterocycles. The van der Waals surface area contributed by atoms with E-state index in [-0.39, 0.29) is 18.3 Å². The maximum atomic E-state index is 6.56. The minimum Gasteiger partial charge on any atom is -0.403 e. The highest BCUT2D eigenvalue weighted by atomic mass is 28.3. The van der Waals surface area contributed by atoms with Crippen molar-refractivity contribution in [3.8, 4) is 0 Å². The summed E-state index contributed by atoms with van der Waals surface area (Å²) < 4.78 is 13.1. The Kier molecular flexibility index (Phi) is 5.77. The largest absolute Gasteiger partial charge is 0.461 e. The minimum atomic E-state index is -1.55. The van der Waals surface area contributed by atoms with E-state index in [0.717, 1.165) is 5.92 Å². The highest BCUT2D eigenvalue weighted by molar-refractivity contribution is 6.90. The smallest absolute Gasteiger partial charge is 0.403 e. The van der Waals surface area contributed by atoms with Crippen molar-refractivity contribution in [2.24, 2.45) is 5.92 Å². The van der Waals surface area contributed by atoms with Crippen molar-refractivity contribution in [1.29, 1.82) is 0 Å². The zero-order valence-corrected chi connectivity index (χ0v) is 18.7. The van der Waals surface area contributed by atoms with Crippen LogP contribution in [0, 0.1) is 5.92 Å². The zero-order chi connectivity index (χ0) is 19.0. The molecular formula is C22H37BO2Si. The molecule has 26 heavy (non-hydrogen) atoms. The lowest BCUT2D eigenvalue weighted by atomic mass is 9.62. The van der Waals surface area contributed by atoms with E-state index in [1.54, 1.807) is 5.19 Å². The molecule has 0 spiro atoms. The van der Waals surface area contributed by atoms with E-state index in [0.29, 0.717) is 5.82 Å². The molecule has 2 nitrogen and oxygen atoms in total. The molecule has 1 saturated heterocycles. The van der Waals surface area contributed by atoms with Gasteiger partial charge in [-0.05, 0) is 39.4 Å². The summed E-state index contributed by atoms with van der Waals surface area (Å²) in [6.07, 6.45) is 6.82. The first kappa shape index (κ1) is 20.2. The van der Waals surface area contributed by atoms with Crippen LogP contribution in [0.2, 0.25) is 25.0 Å². The molecule has 3 rings (SSSR count). The topological polar surface area (TPSA) is 18.5 Å². The summed E-state index contributed by atoms with van der Waals surface area (Å²) in [6.45, 7) is 13.8. The molecule has 0 N–H and O–H groups in total. The predicted molar refractivity (Wildman–Crippen MR) is 115 cm³/mol. The van der Waals surface area contributed by atoms with Gasteiger partial charge in [-0.25, -0.2) is 0 Å². The van der Waals surface area contributed by atoms with Crippen molar-refractivity contribution < 1.29 is 9.31 Å². The Bertz CT molecular complexity index is 577. The molecule has 2 aliphatic rings. The van der Waals surface area contributed by atoms with Crippen LogP contribution in [0.4, 0.5) is 0 Å². The highest BCUT2D eigenvalue weighted by Gasteiger charge is 2.55. The number of hydrogen-bond acceptors (Lipinski definition) is 2. The molecule has 144 valence electrons. The summed E-state index contributed by atoms with van der Waals surface area (Å²) in [6, 6.07) is 12.4. The summed E-state index contributed by atoms with van der Waals surface area (Å²) in [4.78, 5) is 0. The molecule has 0 amide bonds. The standard InChI is InChI=1S/C22H37BO2Si/c1-21(2)22(3,4)25-23(24-21)20(18-13-9-7-10-14-18)17-26(5,6)19-15-11-8-12-16-19/h8,11-12,15-16,18,20H,7,9-10,13-14,17H2,1-6H3. The lowest BCUT2D eigenvalue weighted by Crippen LogP contribution is -2.46. The normalized spacial score (nSPS) is 24.6. The van der Waals surface area contributed by atoms with Crippen LogP contribution in [-0.4, -0.2) is 26.4 Å². The van der Waals surface area contributed by atoms with Gasteiger partial charge in [-0.1, -0.05) is 86.8 Å². The molecule has 1 unspecified atom stereocenters. The average molecular weight is 372 g/mol. The molecule has 0 aromatic heterocycles. The van der Waals surface area contributed by atoms with Crippen LogP contribution in [0.3, 0.4) is 0 Å². The van der Waals surface area contributed by atoms with Crippen LogP contribution < -0.4 is 5.19 Å². The monoisotopic (exact) mass is 372 g/mol. The summed E-state index contributed by atoms with van der Waals surface area (Å²) >= 11 is 0.